The summed E-state index contributed by atoms with van der Waals surface area (Å²) in [7, 11) is 0. The van der Waals surface area contributed by atoms with Gasteiger partial charge < -0.3 is 10.2 Å². The first-order chi connectivity index (χ1) is 10.5. The standard InChI is InChI=1S/C17H24N2O2S/c1-12(2)19(15-7-8-15)17(21)11-22-10-16(20)18-14-6-4-5-13(3)9-14/h4-6,9,12,15H,7-8,10-11H2,1-3H3,(H,18,20). The lowest BCUT2D eigenvalue weighted by atomic mass is 10.2. The number of nitrogens with one attached hydrogen (secondary N) is 1. The van der Waals surface area contributed by atoms with Gasteiger partial charge in [0, 0.05) is 17.8 Å². The largest absolute Gasteiger partial charge is 0.337 e. The Bertz CT molecular complexity index is 539. The Balaban J connectivity index is 1.73. The minimum atomic E-state index is -0.0640. The number of thioether (sulfide) groups is 1. The van der Waals surface area contributed by atoms with Crippen LogP contribution in [-0.2, 0) is 9.59 Å². The van der Waals surface area contributed by atoms with Gasteiger partial charge in [-0.25, -0.2) is 0 Å². The van der Waals surface area contributed by atoms with Crippen molar-refractivity contribution in [2.75, 3.05) is 16.8 Å². The number of carbonyl (C=O) groups is 2. The second kappa shape index (κ2) is 7.68. The van der Waals surface area contributed by atoms with Crippen LogP contribution in [0.2, 0.25) is 0 Å². The number of rotatable bonds is 7. The molecule has 0 spiro atoms. The van der Waals surface area contributed by atoms with Crippen LogP contribution in [0.25, 0.3) is 0 Å². The number of hydrogen-bond donors (Lipinski definition) is 1. The summed E-state index contributed by atoms with van der Waals surface area (Å²) in [6, 6.07) is 8.37. The molecular formula is C17H24N2O2S. The molecule has 0 aromatic heterocycles. The molecule has 1 aliphatic rings. The van der Waals surface area contributed by atoms with E-state index >= 15 is 0 Å². The molecule has 0 unspecified atom stereocenters. The molecule has 120 valence electrons. The number of aryl methyl sites for hydroxylation is 1. The average Bonchev–Trinajstić information content (AvgIpc) is 3.23. The smallest absolute Gasteiger partial charge is 0.234 e. The fourth-order valence-corrected chi connectivity index (χ4v) is 3.17. The molecule has 1 aromatic rings. The third-order valence-corrected chi connectivity index (χ3v) is 4.46. The fourth-order valence-electron chi connectivity index (χ4n) is 2.49. The lowest BCUT2D eigenvalue weighted by Crippen LogP contribution is -2.40. The van der Waals surface area contributed by atoms with Gasteiger partial charge in [-0.1, -0.05) is 12.1 Å². The van der Waals surface area contributed by atoms with Crippen molar-refractivity contribution in [1.29, 1.82) is 0 Å². The van der Waals surface area contributed by atoms with Crippen LogP contribution in [0.3, 0.4) is 0 Å². The third-order valence-electron chi connectivity index (χ3n) is 3.55. The Morgan fingerprint density at radius 3 is 2.64 bits per heavy atom. The molecule has 4 nitrogen and oxygen atoms in total. The van der Waals surface area contributed by atoms with E-state index in [1.54, 1.807) is 0 Å². The van der Waals surface area contributed by atoms with Crippen LogP contribution in [0.4, 0.5) is 5.69 Å². The maximum Gasteiger partial charge on any atom is 0.234 e. The van der Waals surface area contributed by atoms with Crippen molar-refractivity contribution in [2.24, 2.45) is 0 Å². The van der Waals surface area contributed by atoms with Crippen LogP contribution in [0.5, 0.6) is 0 Å². The van der Waals surface area contributed by atoms with Gasteiger partial charge in [0.1, 0.15) is 0 Å². The van der Waals surface area contributed by atoms with Gasteiger partial charge in [0.15, 0.2) is 0 Å². The highest BCUT2D eigenvalue weighted by Crippen LogP contribution is 2.29. The summed E-state index contributed by atoms with van der Waals surface area (Å²) in [5, 5.41) is 2.86. The van der Waals surface area contributed by atoms with Crippen molar-refractivity contribution in [2.45, 2.75) is 45.7 Å². The molecule has 0 bridgehead atoms. The summed E-state index contributed by atoms with van der Waals surface area (Å²) >= 11 is 1.38. The SMILES string of the molecule is Cc1cccc(NC(=O)CSCC(=O)N(C(C)C)C2CC2)c1. The predicted octanol–water partition coefficient (Wildman–Crippen LogP) is 3.07. The number of benzene rings is 1. The highest BCUT2D eigenvalue weighted by atomic mass is 32.2. The van der Waals surface area contributed by atoms with Gasteiger partial charge in [0.05, 0.1) is 11.5 Å². The van der Waals surface area contributed by atoms with Gasteiger partial charge in [0.2, 0.25) is 11.8 Å². The highest BCUT2D eigenvalue weighted by Gasteiger charge is 2.33. The summed E-state index contributed by atoms with van der Waals surface area (Å²) < 4.78 is 0. The summed E-state index contributed by atoms with van der Waals surface area (Å²) in [6.45, 7) is 6.08. The van der Waals surface area contributed by atoms with Crippen LogP contribution in [0.1, 0.15) is 32.3 Å². The zero-order chi connectivity index (χ0) is 16.1. The van der Waals surface area contributed by atoms with Crippen molar-refractivity contribution in [3.8, 4) is 0 Å². The Hall–Kier alpha value is -1.49. The van der Waals surface area contributed by atoms with E-state index in [1.807, 2.05) is 49.9 Å². The van der Waals surface area contributed by atoms with E-state index in [2.05, 4.69) is 5.32 Å². The van der Waals surface area contributed by atoms with E-state index in [1.165, 1.54) is 11.8 Å². The average molecular weight is 320 g/mol. The molecule has 2 amide bonds. The topological polar surface area (TPSA) is 49.4 Å². The monoisotopic (exact) mass is 320 g/mol. The van der Waals surface area contributed by atoms with Crippen LogP contribution < -0.4 is 5.32 Å². The molecule has 1 fully saturated rings. The number of hydrogen-bond acceptors (Lipinski definition) is 3. The molecule has 5 heteroatoms. The molecule has 0 saturated heterocycles. The number of nitrogens with zero attached hydrogens (tertiary/aromatic N) is 1. The lowest BCUT2D eigenvalue weighted by Gasteiger charge is -2.26. The summed E-state index contributed by atoms with van der Waals surface area (Å²) in [6.07, 6.45) is 2.23. The van der Waals surface area contributed by atoms with E-state index in [-0.39, 0.29) is 17.9 Å². The predicted molar refractivity (Wildman–Crippen MR) is 92.1 cm³/mol. The first-order valence-corrected chi connectivity index (χ1v) is 8.88. The summed E-state index contributed by atoms with van der Waals surface area (Å²) in [5.74, 6) is 0.753. The molecule has 0 heterocycles. The first-order valence-electron chi connectivity index (χ1n) is 7.73. The number of amides is 2. The molecule has 1 saturated carbocycles. The van der Waals surface area contributed by atoms with Crippen LogP contribution in [0.15, 0.2) is 24.3 Å². The molecule has 2 rings (SSSR count). The van der Waals surface area contributed by atoms with E-state index in [9.17, 15) is 9.59 Å². The van der Waals surface area contributed by atoms with Crippen molar-refractivity contribution >= 4 is 29.3 Å². The van der Waals surface area contributed by atoms with Gasteiger partial charge >= 0.3 is 0 Å². The van der Waals surface area contributed by atoms with Gasteiger partial charge in [-0.3, -0.25) is 9.59 Å². The van der Waals surface area contributed by atoms with Gasteiger partial charge in [0.25, 0.3) is 0 Å². The first kappa shape index (κ1) is 16.9. The quantitative estimate of drug-likeness (QED) is 0.840. The molecule has 0 aliphatic heterocycles. The maximum atomic E-state index is 12.2. The van der Waals surface area contributed by atoms with E-state index < -0.39 is 0 Å². The van der Waals surface area contributed by atoms with Crippen molar-refractivity contribution in [3.63, 3.8) is 0 Å². The zero-order valence-corrected chi connectivity index (χ0v) is 14.3. The second-order valence-electron chi connectivity index (χ2n) is 6.04. The van der Waals surface area contributed by atoms with Crippen LogP contribution in [-0.4, -0.2) is 40.3 Å². The van der Waals surface area contributed by atoms with Crippen molar-refractivity contribution in [3.05, 3.63) is 29.8 Å². The van der Waals surface area contributed by atoms with Crippen molar-refractivity contribution in [1.82, 2.24) is 4.90 Å². The molecule has 1 N–H and O–H groups in total. The maximum absolute atomic E-state index is 12.2. The normalized spacial score (nSPS) is 14.0. The Labute approximate surface area is 136 Å². The number of carbonyl (C=O) groups excluding carboxylic acids is 2. The molecule has 22 heavy (non-hydrogen) atoms. The van der Waals surface area contributed by atoms with Gasteiger partial charge in [-0.2, -0.15) is 0 Å². The Morgan fingerprint density at radius 2 is 2.05 bits per heavy atom. The molecule has 0 atom stereocenters. The molecule has 1 aromatic carbocycles. The third kappa shape index (κ3) is 5.05. The zero-order valence-electron chi connectivity index (χ0n) is 13.5. The van der Waals surface area contributed by atoms with Crippen molar-refractivity contribution < 1.29 is 9.59 Å². The fraction of sp³-hybridized carbons (Fsp3) is 0.529. The highest BCUT2D eigenvalue weighted by molar-refractivity contribution is 8.00. The second-order valence-corrected chi connectivity index (χ2v) is 7.02. The number of anilines is 1. The minimum Gasteiger partial charge on any atom is -0.337 e. The van der Waals surface area contributed by atoms with E-state index in [4.69, 9.17) is 0 Å². The van der Waals surface area contributed by atoms with E-state index in [0.29, 0.717) is 17.5 Å². The van der Waals surface area contributed by atoms with Gasteiger partial charge in [-0.15, -0.1) is 11.8 Å². The molecular weight excluding hydrogens is 296 g/mol. The summed E-state index contributed by atoms with van der Waals surface area (Å²) in [5.41, 5.74) is 1.91. The van der Waals surface area contributed by atoms with E-state index in [0.717, 1.165) is 24.1 Å². The van der Waals surface area contributed by atoms with Crippen LogP contribution >= 0.6 is 11.8 Å². The lowest BCUT2D eigenvalue weighted by molar-refractivity contribution is -0.130. The minimum absolute atomic E-state index is 0.0640. The molecule has 1 aliphatic carbocycles. The Morgan fingerprint density at radius 1 is 1.32 bits per heavy atom. The van der Waals surface area contributed by atoms with Gasteiger partial charge in [-0.05, 0) is 51.3 Å². The Kier molecular flexibility index (Phi) is 5.89. The van der Waals surface area contributed by atoms with Crippen LogP contribution in [0, 0.1) is 6.92 Å². The summed E-state index contributed by atoms with van der Waals surface area (Å²) in [4.78, 5) is 26.1. The molecule has 0 radical (unpaired) electrons.